The van der Waals surface area contributed by atoms with Gasteiger partial charge in [-0.1, -0.05) is 20.3 Å². The van der Waals surface area contributed by atoms with Gasteiger partial charge < -0.3 is 10.6 Å². The maximum atomic E-state index is 11.7. The van der Waals surface area contributed by atoms with Crippen LogP contribution in [0, 0.1) is 5.92 Å². The number of ketones is 1. The number of nitrogens with zero attached hydrogens (tertiary/aromatic N) is 1. The number of hydrogen-bond donors (Lipinski definition) is 1. The van der Waals surface area contributed by atoms with Crippen molar-refractivity contribution < 1.29 is 4.79 Å². The number of carbonyl (C=O) groups is 1. The van der Waals surface area contributed by atoms with E-state index < -0.39 is 0 Å². The molecule has 0 bridgehead atoms. The molecule has 94 valence electrons. The molecular weight excluding hydrogens is 232 g/mol. The lowest BCUT2D eigenvalue weighted by Crippen LogP contribution is -2.18. The molecule has 1 atom stereocenters. The lowest BCUT2D eigenvalue weighted by atomic mass is 10.1. The summed E-state index contributed by atoms with van der Waals surface area (Å²) < 4.78 is 0. The van der Waals surface area contributed by atoms with E-state index in [1.165, 1.54) is 12.8 Å². The second-order valence-electron chi connectivity index (χ2n) is 4.65. The summed E-state index contributed by atoms with van der Waals surface area (Å²) in [6, 6.07) is 1.96. The summed E-state index contributed by atoms with van der Waals surface area (Å²) in [7, 11) is 0. The Morgan fingerprint density at radius 1 is 1.59 bits per heavy atom. The molecule has 1 aliphatic rings. The van der Waals surface area contributed by atoms with Crippen LogP contribution in [0.15, 0.2) is 6.07 Å². The number of rotatable bonds is 4. The molecule has 1 aromatic rings. The van der Waals surface area contributed by atoms with Gasteiger partial charge in [-0.2, -0.15) is 0 Å². The van der Waals surface area contributed by atoms with Gasteiger partial charge in [-0.05, 0) is 18.4 Å². The van der Waals surface area contributed by atoms with Crippen molar-refractivity contribution in [2.45, 2.75) is 33.1 Å². The Balaban J connectivity index is 2.15. The summed E-state index contributed by atoms with van der Waals surface area (Å²) in [4.78, 5) is 14.8. The van der Waals surface area contributed by atoms with Gasteiger partial charge in [0.25, 0.3) is 0 Å². The first-order chi connectivity index (χ1) is 8.15. The Morgan fingerprint density at radius 2 is 2.35 bits per heavy atom. The van der Waals surface area contributed by atoms with Gasteiger partial charge in [-0.15, -0.1) is 11.3 Å². The Labute approximate surface area is 107 Å². The van der Waals surface area contributed by atoms with Crippen LogP contribution in [-0.4, -0.2) is 18.9 Å². The smallest absolute Gasteiger partial charge is 0.174 e. The molecule has 0 saturated carbocycles. The molecular formula is C13H20N2OS. The first kappa shape index (κ1) is 12.4. The summed E-state index contributed by atoms with van der Waals surface area (Å²) in [5.74, 6) is 0.952. The molecule has 0 aromatic carbocycles. The predicted molar refractivity (Wildman–Crippen MR) is 74.0 cm³/mol. The van der Waals surface area contributed by atoms with Crippen molar-refractivity contribution in [1.29, 1.82) is 0 Å². The van der Waals surface area contributed by atoms with E-state index in [9.17, 15) is 4.79 Å². The molecule has 2 rings (SSSR count). The molecule has 2 N–H and O–H groups in total. The van der Waals surface area contributed by atoms with Crippen LogP contribution >= 0.6 is 11.3 Å². The van der Waals surface area contributed by atoms with Crippen molar-refractivity contribution >= 4 is 27.8 Å². The van der Waals surface area contributed by atoms with Crippen LogP contribution in [-0.2, 0) is 0 Å². The van der Waals surface area contributed by atoms with Gasteiger partial charge in [0.05, 0.1) is 15.6 Å². The Bertz CT molecular complexity index is 414. The largest absolute Gasteiger partial charge is 0.397 e. The number of hydrogen-bond acceptors (Lipinski definition) is 4. The zero-order valence-corrected chi connectivity index (χ0v) is 11.3. The molecule has 0 radical (unpaired) electrons. The summed E-state index contributed by atoms with van der Waals surface area (Å²) in [5.41, 5.74) is 6.57. The second kappa shape index (κ2) is 5.08. The van der Waals surface area contributed by atoms with Crippen molar-refractivity contribution in [2.24, 2.45) is 5.92 Å². The molecule has 1 aromatic heterocycles. The summed E-state index contributed by atoms with van der Waals surface area (Å²) in [6.07, 6.45) is 3.02. The number of Topliss-reactive ketones (excluding diaryl/α,β-unsaturated/α-hetero) is 1. The standard InChI is InChI=1S/C13H20N2OS/c1-3-9-5-6-15(8-9)12-7-10(14)13(17-12)11(16)4-2/h7,9H,3-6,8,14H2,1-2H3. The highest BCUT2D eigenvalue weighted by Gasteiger charge is 2.24. The van der Waals surface area contributed by atoms with E-state index in [-0.39, 0.29) is 5.78 Å². The van der Waals surface area contributed by atoms with Gasteiger partial charge in [0.15, 0.2) is 5.78 Å². The third-order valence-electron chi connectivity index (χ3n) is 3.50. The van der Waals surface area contributed by atoms with Crippen molar-refractivity contribution in [1.82, 2.24) is 0 Å². The fraction of sp³-hybridized carbons (Fsp3) is 0.615. The lowest BCUT2D eigenvalue weighted by Gasteiger charge is -2.15. The van der Waals surface area contributed by atoms with Crippen LogP contribution in [0.2, 0.25) is 0 Å². The highest BCUT2D eigenvalue weighted by molar-refractivity contribution is 7.18. The lowest BCUT2D eigenvalue weighted by molar-refractivity contribution is 0.0993. The van der Waals surface area contributed by atoms with Gasteiger partial charge in [-0.25, -0.2) is 0 Å². The van der Waals surface area contributed by atoms with Crippen LogP contribution in [0.3, 0.4) is 0 Å². The van der Waals surface area contributed by atoms with E-state index in [1.54, 1.807) is 11.3 Å². The van der Waals surface area contributed by atoms with E-state index >= 15 is 0 Å². The van der Waals surface area contributed by atoms with Crippen molar-refractivity contribution in [2.75, 3.05) is 23.7 Å². The Hall–Kier alpha value is -1.03. The molecule has 1 aliphatic heterocycles. The van der Waals surface area contributed by atoms with Crippen LogP contribution < -0.4 is 10.6 Å². The van der Waals surface area contributed by atoms with Crippen LogP contribution in [0.4, 0.5) is 10.7 Å². The molecule has 1 saturated heterocycles. The van der Waals surface area contributed by atoms with E-state index in [0.29, 0.717) is 12.1 Å². The normalized spacial score (nSPS) is 19.9. The van der Waals surface area contributed by atoms with E-state index in [4.69, 9.17) is 5.73 Å². The molecule has 3 nitrogen and oxygen atoms in total. The van der Waals surface area contributed by atoms with Crippen molar-refractivity contribution in [3.8, 4) is 0 Å². The van der Waals surface area contributed by atoms with Crippen LogP contribution in [0.25, 0.3) is 0 Å². The fourth-order valence-electron chi connectivity index (χ4n) is 2.29. The number of nitrogen functional groups attached to an aromatic ring is 1. The van der Waals surface area contributed by atoms with Gasteiger partial charge in [0.2, 0.25) is 0 Å². The van der Waals surface area contributed by atoms with Crippen molar-refractivity contribution in [3.63, 3.8) is 0 Å². The molecule has 2 heterocycles. The van der Waals surface area contributed by atoms with Gasteiger partial charge in [-0.3, -0.25) is 4.79 Å². The maximum Gasteiger partial charge on any atom is 0.174 e. The van der Waals surface area contributed by atoms with E-state index in [0.717, 1.165) is 28.9 Å². The fourth-order valence-corrected chi connectivity index (χ4v) is 3.42. The second-order valence-corrected chi connectivity index (χ2v) is 5.69. The maximum absolute atomic E-state index is 11.7. The molecule has 17 heavy (non-hydrogen) atoms. The average molecular weight is 252 g/mol. The molecule has 0 aliphatic carbocycles. The minimum atomic E-state index is 0.157. The SMILES string of the molecule is CCC(=O)c1sc(N2CCC(CC)C2)cc1N. The molecule has 0 amide bonds. The monoisotopic (exact) mass is 252 g/mol. The average Bonchev–Trinajstić information content (AvgIpc) is 2.94. The number of thiophene rings is 1. The van der Waals surface area contributed by atoms with E-state index in [1.807, 2.05) is 13.0 Å². The van der Waals surface area contributed by atoms with Gasteiger partial charge in [0.1, 0.15) is 0 Å². The summed E-state index contributed by atoms with van der Waals surface area (Å²) in [5, 5.41) is 1.16. The summed E-state index contributed by atoms with van der Waals surface area (Å²) >= 11 is 1.55. The van der Waals surface area contributed by atoms with Crippen LogP contribution in [0.1, 0.15) is 42.8 Å². The highest BCUT2D eigenvalue weighted by atomic mass is 32.1. The van der Waals surface area contributed by atoms with Gasteiger partial charge >= 0.3 is 0 Å². The zero-order valence-electron chi connectivity index (χ0n) is 10.5. The number of carbonyl (C=O) groups excluding carboxylic acids is 1. The molecule has 1 unspecified atom stereocenters. The molecule has 0 spiro atoms. The highest BCUT2D eigenvalue weighted by Crippen LogP contribution is 2.36. The molecule has 4 heteroatoms. The predicted octanol–water partition coefficient (Wildman–Crippen LogP) is 3.16. The topological polar surface area (TPSA) is 46.3 Å². The third-order valence-corrected chi connectivity index (χ3v) is 4.75. The first-order valence-corrected chi connectivity index (χ1v) is 7.14. The first-order valence-electron chi connectivity index (χ1n) is 6.33. The van der Waals surface area contributed by atoms with E-state index in [2.05, 4.69) is 11.8 Å². The number of nitrogens with two attached hydrogens (primary N) is 1. The number of anilines is 2. The van der Waals surface area contributed by atoms with Crippen LogP contribution in [0.5, 0.6) is 0 Å². The minimum absolute atomic E-state index is 0.157. The van der Waals surface area contributed by atoms with Crippen molar-refractivity contribution in [3.05, 3.63) is 10.9 Å². The Morgan fingerprint density at radius 3 is 2.94 bits per heavy atom. The minimum Gasteiger partial charge on any atom is -0.397 e. The van der Waals surface area contributed by atoms with Gasteiger partial charge in [0, 0.05) is 19.5 Å². The zero-order chi connectivity index (χ0) is 12.4. The Kier molecular flexibility index (Phi) is 3.72. The molecule has 1 fully saturated rings. The quantitative estimate of drug-likeness (QED) is 0.837. The summed E-state index contributed by atoms with van der Waals surface area (Å²) in [6.45, 7) is 6.32. The third kappa shape index (κ3) is 2.46.